The van der Waals surface area contributed by atoms with Gasteiger partial charge in [0, 0.05) is 5.56 Å². The second-order valence-electron chi connectivity index (χ2n) is 4.15. The number of fused-ring (bicyclic) bond motifs is 1. The van der Waals surface area contributed by atoms with Crippen LogP contribution in [0.4, 0.5) is 0 Å². The lowest BCUT2D eigenvalue weighted by Crippen LogP contribution is -2.21. The summed E-state index contributed by atoms with van der Waals surface area (Å²) in [5, 5.41) is 0. The Morgan fingerprint density at radius 1 is 1.29 bits per heavy atom. The fourth-order valence-corrected chi connectivity index (χ4v) is 3.49. The summed E-state index contributed by atoms with van der Waals surface area (Å²) >= 11 is 5.01. The van der Waals surface area contributed by atoms with Crippen LogP contribution in [0.1, 0.15) is 24.1 Å². The van der Waals surface area contributed by atoms with Crippen LogP contribution in [0.5, 0.6) is 0 Å². The minimum Gasteiger partial charge on any atom is -0.306 e. The maximum atomic E-state index is 12.0. The van der Waals surface area contributed by atoms with Crippen molar-refractivity contribution in [3.63, 3.8) is 0 Å². The topological polar surface area (TPSA) is 45.8 Å². The molecule has 0 fully saturated rings. The van der Waals surface area contributed by atoms with Crippen LogP contribution in [0.15, 0.2) is 20.7 Å². The van der Waals surface area contributed by atoms with Gasteiger partial charge < -0.3 is 4.98 Å². The molecule has 0 unspecified atom stereocenters. The Morgan fingerprint density at radius 3 is 2.88 bits per heavy atom. The van der Waals surface area contributed by atoms with Crippen LogP contribution in [0.25, 0.3) is 10.7 Å². The Hall–Kier alpha value is -0.940. The Balaban J connectivity index is 2.13. The van der Waals surface area contributed by atoms with Crippen LogP contribution in [0.3, 0.4) is 0 Å². The van der Waals surface area contributed by atoms with E-state index in [1.807, 2.05) is 12.1 Å². The molecule has 0 radical (unpaired) electrons. The molecule has 88 valence electrons. The fourth-order valence-electron chi connectivity index (χ4n) is 2.16. The molecule has 1 N–H and O–H groups in total. The number of aryl methyl sites for hydroxylation is 1. The maximum Gasteiger partial charge on any atom is 0.254 e. The first-order valence-electron chi connectivity index (χ1n) is 5.62. The molecule has 1 aliphatic carbocycles. The van der Waals surface area contributed by atoms with Crippen molar-refractivity contribution >= 4 is 27.3 Å². The Bertz CT molecular complexity index is 617. The number of aromatic amines is 1. The zero-order valence-electron chi connectivity index (χ0n) is 9.12. The number of hydrogen-bond donors (Lipinski definition) is 1. The molecule has 0 bridgehead atoms. The molecule has 0 atom stereocenters. The van der Waals surface area contributed by atoms with Crippen LogP contribution >= 0.6 is 27.3 Å². The molecule has 0 aliphatic heterocycles. The van der Waals surface area contributed by atoms with Gasteiger partial charge in [-0.05, 0) is 53.7 Å². The highest BCUT2D eigenvalue weighted by atomic mass is 79.9. The van der Waals surface area contributed by atoms with E-state index in [1.165, 1.54) is 0 Å². The van der Waals surface area contributed by atoms with Crippen molar-refractivity contribution in [2.45, 2.75) is 25.7 Å². The summed E-state index contributed by atoms with van der Waals surface area (Å²) in [5.74, 6) is 0.700. The third-order valence-electron chi connectivity index (χ3n) is 3.00. The summed E-state index contributed by atoms with van der Waals surface area (Å²) in [7, 11) is 0. The molecule has 2 heterocycles. The standard InChI is InChI=1S/C12H11BrN2OS/c13-10-6-5-9(17-10)11-14-8-4-2-1-3-7(8)12(16)15-11/h5-6H,1-4H2,(H,14,15,16). The Kier molecular flexibility index (Phi) is 2.88. The van der Waals surface area contributed by atoms with Gasteiger partial charge in [0.05, 0.1) is 14.4 Å². The van der Waals surface area contributed by atoms with Gasteiger partial charge in [0.1, 0.15) is 0 Å². The molecule has 0 saturated heterocycles. The summed E-state index contributed by atoms with van der Waals surface area (Å²) in [6.45, 7) is 0. The predicted octanol–water partition coefficient (Wildman–Crippen LogP) is 3.14. The number of nitrogens with one attached hydrogen (secondary N) is 1. The lowest BCUT2D eigenvalue weighted by molar-refractivity contribution is 0.658. The van der Waals surface area contributed by atoms with Crippen molar-refractivity contribution < 1.29 is 0 Å². The summed E-state index contributed by atoms with van der Waals surface area (Å²) in [4.78, 5) is 20.4. The maximum absolute atomic E-state index is 12.0. The molecule has 3 rings (SSSR count). The van der Waals surface area contributed by atoms with E-state index < -0.39 is 0 Å². The van der Waals surface area contributed by atoms with Crippen LogP contribution in [0.2, 0.25) is 0 Å². The van der Waals surface area contributed by atoms with Gasteiger partial charge in [0.25, 0.3) is 5.56 Å². The Labute approximate surface area is 111 Å². The highest BCUT2D eigenvalue weighted by Gasteiger charge is 2.16. The smallest absolute Gasteiger partial charge is 0.254 e. The van der Waals surface area contributed by atoms with Crippen molar-refractivity contribution in [3.05, 3.63) is 37.5 Å². The molecule has 0 saturated carbocycles. The normalized spacial score (nSPS) is 14.6. The summed E-state index contributed by atoms with van der Waals surface area (Å²) in [5.41, 5.74) is 1.91. The number of aromatic nitrogens is 2. The van der Waals surface area contributed by atoms with E-state index in [4.69, 9.17) is 0 Å². The van der Waals surface area contributed by atoms with Crippen molar-refractivity contribution in [1.29, 1.82) is 0 Å². The first kappa shape index (κ1) is 11.2. The molecular weight excluding hydrogens is 300 g/mol. The van der Waals surface area contributed by atoms with Gasteiger partial charge in [-0.2, -0.15) is 0 Å². The van der Waals surface area contributed by atoms with E-state index in [1.54, 1.807) is 11.3 Å². The largest absolute Gasteiger partial charge is 0.306 e. The summed E-state index contributed by atoms with van der Waals surface area (Å²) < 4.78 is 1.05. The van der Waals surface area contributed by atoms with Crippen molar-refractivity contribution in [2.75, 3.05) is 0 Å². The lowest BCUT2D eigenvalue weighted by Gasteiger charge is -2.13. The van der Waals surface area contributed by atoms with Crippen molar-refractivity contribution in [2.24, 2.45) is 0 Å². The number of rotatable bonds is 1. The number of hydrogen-bond acceptors (Lipinski definition) is 3. The van der Waals surface area contributed by atoms with Gasteiger partial charge in [-0.3, -0.25) is 4.79 Å². The van der Waals surface area contributed by atoms with Gasteiger partial charge in [0.15, 0.2) is 5.82 Å². The fraction of sp³-hybridized carbons (Fsp3) is 0.333. The first-order valence-corrected chi connectivity index (χ1v) is 7.23. The molecule has 17 heavy (non-hydrogen) atoms. The average Bonchev–Trinajstić information content (AvgIpc) is 2.76. The van der Waals surface area contributed by atoms with E-state index >= 15 is 0 Å². The van der Waals surface area contributed by atoms with Gasteiger partial charge in [-0.25, -0.2) is 4.98 Å². The minimum absolute atomic E-state index is 0.0363. The number of halogens is 1. The van der Waals surface area contributed by atoms with Crippen LogP contribution in [-0.4, -0.2) is 9.97 Å². The molecule has 2 aromatic heterocycles. The molecule has 2 aromatic rings. The monoisotopic (exact) mass is 310 g/mol. The van der Waals surface area contributed by atoms with Crippen molar-refractivity contribution in [3.8, 4) is 10.7 Å². The van der Waals surface area contributed by atoms with E-state index in [-0.39, 0.29) is 5.56 Å². The highest BCUT2D eigenvalue weighted by Crippen LogP contribution is 2.29. The zero-order valence-corrected chi connectivity index (χ0v) is 11.5. The second-order valence-corrected chi connectivity index (χ2v) is 6.61. The molecule has 1 aliphatic rings. The van der Waals surface area contributed by atoms with E-state index in [9.17, 15) is 4.79 Å². The van der Waals surface area contributed by atoms with Crippen LogP contribution < -0.4 is 5.56 Å². The number of nitrogens with zero attached hydrogens (tertiary/aromatic N) is 1. The molecule has 0 aromatic carbocycles. The van der Waals surface area contributed by atoms with Gasteiger partial charge >= 0.3 is 0 Å². The lowest BCUT2D eigenvalue weighted by atomic mass is 9.97. The van der Waals surface area contributed by atoms with Gasteiger partial charge in [-0.1, -0.05) is 0 Å². The average molecular weight is 311 g/mol. The second kappa shape index (κ2) is 4.38. The zero-order chi connectivity index (χ0) is 11.8. The summed E-state index contributed by atoms with van der Waals surface area (Å²) in [6, 6.07) is 3.95. The van der Waals surface area contributed by atoms with E-state index in [0.29, 0.717) is 5.82 Å². The highest BCUT2D eigenvalue weighted by molar-refractivity contribution is 9.11. The quantitative estimate of drug-likeness (QED) is 0.879. The van der Waals surface area contributed by atoms with Gasteiger partial charge in [-0.15, -0.1) is 11.3 Å². The molecule has 0 spiro atoms. The summed E-state index contributed by atoms with van der Waals surface area (Å²) in [6.07, 6.45) is 4.03. The minimum atomic E-state index is 0.0363. The first-order chi connectivity index (χ1) is 8.24. The van der Waals surface area contributed by atoms with Crippen molar-refractivity contribution in [1.82, 2.24) is 9.97 Å². The van der Waals surface area contributed by atoms with Crippen LogP contribution in [0, 0.1) is 0 Å². The molecule has 5 heteroatoms. The number of thiophene rings is 1. The third kappa shape index (κ3) is 2.09. The van der Waals surface area contributed by atoms with E-state index in [0.717, 1.165) is 45.6 Å². The van der Waals surface area contributed by atoms with E-state index in [2.05, 4.69) is 25.9 Å². The van der Waals surface area contributed by atoms with Crippen LogP contribution in [-0.2, 0) is 12.8 Å². The number of H-pyrrole nitrogens is 1. The SMILES string of the molecule is O=c1[nH]c(-c2ccc(Br)s2)nc2c1CCCC2. The molecule has 3 nitrogen and oxygen atoms in total. The third-order valence-corrected chi connectivity index (χ3v) is 4.63. The molecule has 0 amide bonds. The predicted molar refractivity (Wildman–Crippen MR) is 72.5 cm³/mol. The molecular formula is C12H11BrN2OS. The van der Waals surface area contributed by atoms with Gasteiger partial charge in [0.2, 0.25) is 0 Å². The Morgan fingerprint density at radius 2 is 2.12 bits per heavy atom.